The van der Waals surface area contributed by atoms with Crippen molar-refractivity contribution in [2.24, 2.45) is 0 Å². The molecule has 1 atom stereocenters. The Bertz CT molecular complexity index is 67.3. The average Bonchev–Trinajstić information content (AvgIpc) is 1.62. The lowest BCUT2D eigenvalue weighted by atomic mass is 10.8. The van der Waals surface area contributed by atoms with Gasteiger partial charge in [0.15, 0.2) is 0 Å². The molecular formula is C2H8O5P+. The fourth-order valence-corrected chi connectivity index (χ4v) is 0.329. The first-order valence-electron chi connectivity index (χ1n) is 1.84. The Morgan fingerprint density at radius 3 is 1.62 bits per heavy atom. The molecule has 0 saturated carbocycles. The quantitative estimate of drug-likeness (QED) is 0.289. The average molecular weight is 143 g/mol. The van der Waals surface area contributed by atoms with Gasteiger partial charge in [0.1, 0.15) is 6.61 Å². The van der Waals surface area contributed by atoms with Crippen LogP contribution in [0.5, 0.6) is 0 Å². The van der Waals surface area contributed by atoms with Gasteiger partial charge in [0.2, 0.25) is 0 Å². The van der Waals surface area contributed by atoms with E-state index in [0.717, 1.165) is 0 Å². The van der Waals surface area contributed by atoms with Gasteiger partial charge in [0.25, 0.3) is 5.85 Å². The van der Waals surface area contributed by atoms with E-state index in [9.17, 15) is 0 Å². The van der Waals surface area contributed by atoms with Gasteiger partial charge in [-0.2, -0.15) is 14.7 Å². The van der Waals surface area contributed by atoms with E-state index in [1.54, 1.807) is 0 Å². The fraction of sp³-hybridized carbons (Fsp3) is 1.00. The lowest BCUT2D eigenvalue weighted by molar-refractivity contribution is 0.116. The van der Waals surface area contributed by atoms with Crippen LogP contribution in [0.1, 0.15) is 0 Å². The number of aliphatic hydroxyl groups excluding tert-OH is 2. The zero-order chi connectivity index (χ0) is 6.78. The molecule has 0 bridgehead atoms. The van der Waals surface area contributed by atoms with Crippen LogP contribution in [0.2, 0.25) is 0 Å². The van der Waals surface area contributed by atoms with Crippen molar-refractivity contribution in [1.29, 1.82) is 0 Å². The number of hydrogen-bond acceptors (Lipinski definition) is 5. The Hall–Kier alpha value is 0.230. The van der Waals surface area contributed by atoms with Crippen molar-refractivity contribution >= 4 is 7.94 Å². The van der Waals surface area contributed by atoms with E-state index in [-0.39, 0.29) is 0 Å². The van der Waals surface area contributed by atoms with Crippen LogP contribution in [0.25, 0.3) is 0 Å². The highest BCUT2D eigenvalue weighted by Crippen LogP contribution is 2.48. The second-order valence-corrected chi connectivity index (χ2v) is 3.10. The lowest BCUT2D eigenvalue weighted by Crippen LogP contribution is -2.15. The Balaban J connectivity index is 3.62. The summed E-state index contributed by atoms with van der Waals surface area (Å²) in [4.78, 5) is 24.3. The minimum atomic E-state index is -4.20. The van der Waals surface area contributed by atoms with Crippen molar-refractivity contribution in [3.63, 3.8) is 0 Å². The molecule has 6 heteroatoms. The maximum atomic E-state index is 8.24. The zero-order valence-electron chi connectivity index (χ0n) is 3.97. The molecule has 0 aliphatic heterocycles. The summed E-state index contributed by atoms with van der Waals surface area (Å²) >= 11 is 0. The van der Waals surface area contributed by atoms with Gasteiger partial charge in [0.05, 0.1) is 0 Å². The third-order valence-electron chi connectivity index (χ3n) is 0.563. The van der Waals surface area contributed by atoms with Crippen molar-refractivity contribution in [1.82, 2.24) is 0 Å². The molecule has 8 heavy (non-hydrogen) atoms. The van der Waals surface area contributed by atoms with Crippen molar-refractivity contribution in [2.75, 3.05) is 6.61 Å². The Morgan fingerprint density at radius 1 is 1.25 bits per heavy atom. The first kappa shape index (κ1) is 8.23. The van der Waals surface area contributed by atoms with Crippen molar-refractivity contribution in [3.8, 4) is 0 Å². The fourth-order valence-electron chi connectivity index (χ4n) is 0.110. The van der Waals surface area contributed by atoms with Gasteiger partial charge in [-0.25, -0.2) is 0 Å². The standard InChI is InChI=1S/C2H8O5P/c3-1-2(4)8(5,6)7/h2-7H,1H2/q+1. The molecule has 1 unspecified atom stereocenters. The number of aliphatic hydroxyl groups is 2. The smallest absolute Gasteiger partial charge is 0.389 e. The summed E-state index contributed by atoms with van der Waals surface area (Å²) in [5.41, 5.74) is 0. The normalized spacial score (nSPS) is 16.1. The van der Waals surface area contributed by atoms with Crippen LogP contribution < -0.4 is 0 Å². The second-order valence-electron chi connectivity index (χ2n) is 1.28. The van der Waals surface area contributed by atoms with Crippen LogP contribution >= 0.6 is 7.94 Å². The zero-order valence-corrected chi connectivity index (χ0v) is 4.86. The van der Waals surface area contributed by atoms with Gasteiger partial charge in [-0.05, 0) is 0 Å². The highest BCUT2D eigenvalue weighted by molar-refractivity contribution is 7.59. The summed E-state index contributed by atoms with van der Waals surface area (Å²) in [6.07, 6.45) is 0. The first-order valence-corrected chi connectivity index (χ1v) is 3.56. The SMILES string of the molecule is OCC(O)[P+](O)(O)O. The summed E-state index contributed by atoms with van der Waals surface area (Å²) < 4.78 is 0. The molecule has 0 rings (SSSR count). The molecular weight excluding hydrogens is 135 g/mol. The number of hydrogen-bond donors (Lipinski definition) is 5. The van der Waals surface area contributed by atoms with Crippen molar-refractivity contribution in [3.05, 3.63) is 0 Å². The summed E-state index contributed by atoms with van der Waals surface area (Å²) in [7, 11) is -4.20. The van der Waals surface area contributed by atoms with Gasteiger partial charge in [-0.1, -0.05) is 0 Å². The summed E-state index contributed by atoms with van der Waals surface area (Å²) in [5, 5.41) is 16.2. The third kappa shape index (κ3) is 2.52. The van der Waals surface area contributed by atoms with Crippen molar-refractivity contribution < 1.29 is 24.9 Å². The number of rotatable bonds is 2. The van der Waals surface area contributed by atoms with Crippen LogP contribution in [0.15, 0.2) is 0 Å². The second kappa shape index (κ2) is 2.68. The summed E-state index contributed by atoms with van der Waals surface area (Å²) in [6, 6.07) is 0. The predicted molar refractivity (Wildman–Crippen MR) is 26.7 cm³/mol. The molecule has 0 radical (unpaired) electrons. The van der Waals surface area contributed by atoms with Crippen LogP contribution in [-0.2, 0) is 0 Å². The molecule has 0 spiro atoms. The molecule has 0 heterocycles. The highest BCUT2D eigenvalue weighted by Gasteiger charge is 2.40. The van der Waals surface area contributed by atoms with Crippen molar-refractivity contribution in [2.45, 2.75) is 5.85 Å². The van der Waals surface area contributed by atoms with Gasteiger partial charge in [-0.3, -0.25) is 0 Å². The molecule has 0 aliphatic carbocycles. The summed E-state index contributed by atoms with van der Waals surface area (Å²) in [5.74, 6) is -1.82. The molecule has 0 aromatic heterocycles. The van der Waals surface area contributed by atoms with Gasteiger partial charge in [0, 0.05) is 0 Å². The maximum Gasteiger partial charge on any atom is 0.437 e. The van der Waals surface area contributed by atoms with Gasteiger partial charge >= 0.3 is 7.94 Å². The first-order chi connectivity index (χ1) is 3.48. The van der Waals surface area contributed by atoms with E-state index in [0.29, 0.717) is 0 Å². The Kier molecular flexibility index (Phi) is 2.76. The lowest BCUT2D eigenvalue weighted by Gasteiger charge is -2.06. The van der Waals surface area contributed by atoms with Crippen LogP contribution in [0.3, 0.4) is 0 Å². The molecule has 0 amide bonds. The van der Waals surface area contributed by atoms with Crippen LogP contribution in [0.4, 0.5) is 0 Å². The monoisotopic (exact) mass is 143 g/mol. The molecule has 0 fully saturated rings. The van der Waals surface area contributed by atoms with E-state index < -0.39 is 20.4 Å². The van der Waals surface area contributed by atoms with E-state index in [2.05, 4.69) is 0 Å². The van der Waals surface area contributed by atoms with E-state index in [4.69, 9.17) is 24.9 Å². The molecule has 5 N–H and O–H groups in total. The van der Waals surface area contributed by atoms with Crippen LogP contribution in [-0.4, -0.2) is 37.3 Å². The minimum absolute atomic E-state index is 0.850. The van der Waals surface area contributed by atoms with Gasteiger partial charge < -0.3 is 10.2 Å². The molecule has 0 aliphatic rings. The summed E-state index contributed by atoms with van der Waals surface area (Å²) in [6.45, 7) is -0.850. The van der Waals surface area contributed by atoms with Crippen LogP contribution in [0, 0.1) is 0 Å². The maximum absolute atomic E-state index is 8.24. The molecule has 0 saturated heterocycles. The minimum Gasteiger partial charge on any atom is -0.389 e. The molecule has 0 aromatic rings. The Morgan fingerprint density at radius 2 is 1.62 bits per heavy atom. The largest absolute Gasteiger partial charge is 0.437 e. The van der Waals surface area contributed by atoms with Gasteiger partial charge in [-0.15, -0.1) is 0 Å². The molecule has 0 aromatic carbocycles. The molecule has 5 nitrogen and oxygen atoms in total. The van der Waals surface area contributed by atoms with E-state index in [1.807, 2.05) is 0 Å². The molecule has 50 valence electrons. The highest BCUT2D eigenvalue weighted by atomic mass is 31.2. The predicted octanol–water partition coefficient (Wildman–Crippen LogP) is -1.96. The van der Waals surface area contributed by atoms with E-state index >= 15 is 0 Å². The van der Waals surface area contributed by atoms with E-state index in [1.165, 1.54) is 0 Å². The third-order valence-corrected chi connectivity index (χ3v) is 1.53. The Labute approximate surface area is 46.4 Å². The topological polar surface area (TPSA) is 101 Å².